The minimum Gasteiger partial charge on any atom is -0.361 e. The van der Waals surface area contributed by atoms with Gasteiger partial charge in [-0.3, -0.25) is 0 Å². The van der Waals surface area contributed by atoms with Crippen LogP contribution in [0.4, 0.5) is 0 Å². The summed E-state index contributed by atoms with van der Waals surface area (Å²) in [5, 5.41) is 1.12. The Kier molecular flexibility index (Phi) is 7.86. The Balaban J connectivity index is 2.04. The molecule has 0 bridgehead atoms. The summed E-state index contributed by atoms with van der Waals surface area (Å²) in [5.74, 6) is 0.526. The lowest BCUT2D eigenvalue weighted by molar-refractivity contribution is 0.543. The summed E-state index contributed by atoms with van der Waals surface area (Å²) in [4.78, 5) is 3.74. The molecule has 2 N–H and O–H groups in total. The fourth-order valence-electron chi connectivity index (χ4n) is 4.42. The summed E-state index contributed by atoms with van der Waals surface area (Å²) in [6.07, 6.45) is 4.91. The molecular formula is C28H38N2O2S. The van der Waals surface area contributed by atoms with Gasteiger partial charge in [0.25, 0.3) is 0 Å². The zero-order valence-electron chi connectivity index (χ0n) is 20.8. The highest BCUT2D eigenvalue weighted by Gasteiger charge is 2.29. The number of para-hydroxylation sites is 1. The predicted molar refractivity (Wildman–Crippen MR) is 140 cm³/mol. The van der Waals surface area contributed by atoms with Crippen LogP contribution in [0.2, 0.25) is 0 Å². The molecule has 2 aromatic carbocycles. The minimum absolute atomic E-state index is 0.0965. The summed E-state index contributed by atoms with van der Waals surface area (Å²) in [6, 6.07) is 12.0. The van der Waals surface area contributed by atoms with Crippen LogP contribution in [0.25, 0.3) is 10.9 Å². The molecule has 1 heterocycles. The Hall–Kier alpha value is -2.37. The minimum atomic E-state index is -3.74. The smallest absolute Gasteiger partial charge is 0.241 e. The van der Waals surface area contributed by atoms with Crippen LogP contribution in [0.15, 0.2) is 60.1 Å². The molecular weight excluding hydrogens is 428 g/mol. The third-order valence-corrected chi connectivity index (χ3v) is 7.91. The lowest BCUT2D eigenvalue weighted by Crippen LogP contribution is -2.37. The molecule has 5 heteroatoms. The Morgan fingerprint density at radius 2 is 1.58 bits per heavy atom. The second-order valence-electron chi connectivity index (χ2n) is 9.90. The zero-order chi connectivity index (χ0) is 24.3. The van der Waals surface area contributed by atoms with Gasteiger partial charge in [-0.25, -0.2) is 13.1 Å². The highest BCUT2D eigenvalue weighted by atomic mass is 32.2. The zero-order valence-corrected chi connectivity index (χ0v) is 21.6. The Morgan fingerprint density at radius 3 is 2.12 bits per heavy atom. The van der Waals surface area contributed by atoms with Gasteiger partial charge in [0.2, 0.25) is 10.0 Å². The number of H-pyrrole nitrogens is 1. The molecule has 0 unspecified atom stereocenters. The van der Waals surface area contributed by atoms with Crippen LogP contribution < -0.4 is 4.72 Å². The molecule has 1 atom stereocenters. The summed E-state index contributed by atoms with van der Waals surface area (Å²) in [7, 11) is -3.74. The average molecular weight is 467 g/mol. The van der Waals surface area contributed by atoms with Gasteiger partial charge in [0.1, 0.15) is 0 Å². The normalized spacial score (nSPS) is 13.4. The van der Waals surface area contributed by atoms with Crippen LogP contribution in [-0.4, -0.2) is 19.4 Å². The maximum absolute atomic E-state index is 13.9. The van der Waals surface area contributed by atoms with Crippen LogP contribution in [0.5, 0.6) is 0 Å². The van der Waals surface area contributed by atoms with Gasteiger partial charge in [-0.05, 0) is 58.9 Å². The number of aromatic nitrogens is 1. The van der Waals surface area contributed by atoms with Crippen molar-refractivity contribution in [1.29, 1.82) is 0 Å². The van der Waals surface area contributed by atoms with Gasteiger partial charge in [0.05, 0.1) is 4.90 Å². The largest absolute Gasteiger partial charge is 0.361 e. The lowest BCUT2D eigenvalue weighted by Gasteiger charge is -2.25. The first-order valence-corrected chi connectivity index (χ1v) is 13.4. The van der Waals surface area contributed by atoms with E-state index in [-0.39, 0.29) is 17.9 Å². The molecule has 178 valence electrons. The molecule has 0 radical (unpaired) electrons. The van der Waals surface area contributed by atoms with Crippen molar-refractivity contribution in [3.63, 3.8) is 0 Å². The molecule has 33 heavy (non-hydrogen) atoms. The number of nitrogens with one attached hydrogen (secondary N) is 2. The number of fused-ring (bicyclic) bond motifs is 1. The van der Waals surface area contributed by atoms with E-state index in [1.165, 1.54) is 5.56 Å². The molecule has 0 amide bonds. The molecule has 0 spiro atoms. The summed E-state index contributed by atoms with van der Waals surface area (Å²) < 4.78 is 30.8. The van der Waals surface area contributed by atoms with Gasteiger partial charge in [-0.2, -0.15) is 0 Å². The Bertz CT molecular complexity index is 1190. The third kappa shape index (κ3) is 5.59. The molecule has 4 nitrogen and oxygen atoms in total. The van der Waals surface area contributed by atoms with E-state index in [0.717, 1.165) is 27.6 Å². The van der Waals surface area contributed by atoms with Crippen molar-refractivity contribution in [2.45, 2.75) is 83.1 Å². The fraction of sp³-hybridized carbons (Fsp3) is 0.429. The van der Waals surface area contributed by atoms with E-state index in [4.69, 9.17) is 0 Å². The summed E-state index contributed by atoms with van der Waals surface area (Å²) >= 11 is 0. The molecule has 0 aliphatic carbocycles. The molecule has 3 rings (SSSR count). The fourth-order valence-corrected chi connectivity index (χ4v) is 6.36. The first-order chi connectivity index (χ1) is 15.5. The van der Waals surface area contributed by atoms with Gasteiger partial charge in [-0.15, -0.1) is 6.58 Å². The first-order valence-electron chi connectivity index (χ1n) is 11.9. The van der Waals surface area contributed by atoms with Gasteiger partial charge in [-0.1, -0.05) is 78.0 Å². The highest BCUT2D eigenvalue weighted by Crippen LogP contribution is 2.35. The van der Waals surface area contributed by atoms with Crippen LogP contribution in [0, 0.1) is 0 Å². The Labute approximate surface area is 199 Å². The molecule has 1 aromatic heterocycles. The van der Waals surface area contributed by atoms with Crippen molar-refractivity contribution >= 4 is 20.9 Å². The van der Waals surface area contributed by atoms with Crippen molar-refractivity contribution in [2.75, 3.05) is 0 Å². The standard InChI is InChI=1S/C28H38N2O2S/c1-8-11-23(14-22-17-29-27-13-10-9-12-24(22)27)30-33(31,32)28-25(19(4)5)15-21(18(2)3)16-26(28)20(6)7/h8-10,12-13,15-20,23,29-30H,1,11,14H2,2-7H3/t23-/m0/s1. The molecule has 3 aromatic rings. The van der Waals surface area contributed by atoms with E-state index in [2.05, 4.69) is 76.0 Å². The molecule has 0 saturated heterocycles. The highest BCUT2D eigenvalue weighted by molar-refractivity contribution is 7.89. The number of aromatic amines is 1. The van der Waals surface area contributed by atoms with Gasteiger partial charge < -0.3 is 4.98 Å². The second kappa shape index (κ2) is 10.3. The van der Waals surface area contributed by atoms with Crippen molar-refractivity contribution < 1.29 is 8.42 Å². The van der Waals surface area contributed by atoms with Crippen LogP contribution in [-0.2, 0) is 16.4 Å². The second-order valence-corrected chi connectivity index (χ2v) is 11.5. The number of rotatable bonds is 10. The maximum atomic E-state index is 13.9. The van der Waals surface area contributed by atoms with Crippen molar-refractivity contribution in [1.82, 2.24) is 9.71 Å². The first kappa shape index (κ1) is 25.3. The summed E-state index contributed by atoms with van der Waals surface area (Å²) in [6.45, 7) is 16.4. The van der Waals surface area contributed by atoms with E-state index in [0.29, 0.717) is 23.7 Å². The summed E-state index contributed by atoms with van der Waals surface area (Å²) in [5.41, 5.74) is 5.12. The maximum Gasteiger partial charge on any atom is 0.241 e. The van der Waals surface area contributed by atoms with Crippen molar-refractivity contribution in [3.05, 3.63) is 77.5 Å². The molecule has 0 saturated carbocycles. The molecule has 0 fully saturated rings. The number of benzene rings is 2. The monoisotopic (exact) mass is 466 g/mol. The van der Waals surface area contributed by atoms with Crippen LogP contribution in [0.3, 0.4) is 0 Å². The van der Waals surface area contributed by atoms with E-state index in [1.54, 1.807) is 6.08 Å². The van der Waals surface area contributed by atoms with Gasteiger partial charge >= 0.3 is 0 Å². The predicted octanol–water partition coefficient (Wildman–Crippen LogP) is 7.00. The Morgan fingerprint density at radius 1 is 0.970 bits per heavy atom. The van der Waals surface area contributed by atoms with Crippen molar-refractivity contribution in [2.24, 2.45) is 0 Å². The van der Waals surface area contributed by atoms with Crippen LogP contribution in [0.1, 0.15) is 88.0 Å². The SMILES string of the molecule is C=CC[C@@H](Cc1c[nH]c2ccccc12)NS(=O)(=O)c1c(C(C)C)cc(C(C)C)cc1C(C)C. The lowest BCUT2D eigenvalue weighted by atomic mass is 9.89. The van der Waals surface area contributed by atoms with Crippen LogP contribution >= 0.6 is 0 Å². The topological polar surface area (TPSA) is 62.0 Å². The van der Waals surface area contributed by atoms with Gasteiger partial charge in [0, 0.05) is 23.1 Å². The average Bonchev–Trinajstić information content (AvgIpc) is 3.15. The van der Waals surface area contributed by atoms with E-state index in [1.807, 2.05) is 24.4 Å². The van der Waals surface area contributed by atoms with E-state index in [9.17, 15) is 8.42 Å². The van der Waals surface area contributed by atoms with Gasteiger partial charge in [0.15, 0.2) is 0 Å². The quantitative estimate of drug-likeness (QED) is 0.316. The van der Waals surface area contributed by atoms with Crippen molar-refractivity contribution in [3.8, 4) is 0 Å². The third-order valence-electron chi connectivity index (χ3n) is 6.26. The van der Waals surface area contributed by atoms with E-state index < -0.39 is 10.0 Å². The van der Waals surface area contributed by atoms with E-state index >= 15 is 0 Å². The number of sulfonamides is 1. The molecule has 0 aliphatic heterocycles. The number of hydrogen-bond acceptors (Lipinski definition) is 2. The number of hydrogen-bond donors (Lipinski definition) is 2. The molecule has 0 aliphatic rings.